The van der Waals surface area contributed by atoms with E-state index >= 15 is 0 Å². The first-order valence-corrected chi connectivity index (χ1v) is 17.6. The zero-order chi connectivity index (χ0) is 34.6. The number of ketones is 1. The van der Waals surface area contributed by atoms with Gasteiger partial charge in [-0.2, -0.15) is 8.42 Å². The topological polar surface area (TPSA) is 180 Å². The first kappa shape index (κ1) is 36.5. The molecule has 3 saturated carbocycles. The van der Waals surface area contributed by atoms with Crippen molar-refractivity contribution in [3.05, 3.63) is 11.6 Å². The van der Waals surface area contributed by atoms with Crippen LogP contribution >= 0.6 is 0 Å². The van der Waals surface area contributed by atoms with Gasteiger partial charge in [0.25, 0.3) is 0 Å². The van der Waals surface area contributed by atoms with Crippen LogP contribution in [-0.4, -0.2) is 71.3 Å². The average molecular weight is 671 g/mol. The summed E-state index contributed by atoms with van der Waals surface area (Å²) in [5, 5.41) is 12.6. The van der Waals surface area contributed by atoms with E-state index in [0.717, 1.165) is 0 Å². The Hall–Kier alpha value is -2.35. The van der Waals surface area contributed by atoms with E-state index in [9.17, 15) is 37.3 Å². The van der Waals surface area contributed by atoms with Crippen LogP contribution < -0.4 is 0 Å². The number of fused-ring (bicyclic) bond motifs is 5. The molecule has 12 nitrogen and oxygen atoms in total. The number of aliphatic hydroxyl groups is 1. The van der Waals surface area contributed by atoms with Crippen LogP contribution in [0.15, 0.2) is 11.6 Å². The number of hydrogen-bond acceptors (Lipinski definition) is 11. The molecule has 0 aromatic carbocycles. The third-order valence-electron chi connectivity index (χ3n) is 11.7. The maximum atomic E-state index is 13.8. The average Bonchev–Trinajstić information content (AvgIpc) is 3.16. The van der Waals surface area contributed by atoms with Crippen LogP contribution in [0.1, 0.15) is 107 Å². The second-order valence-corrected chi connectivity index (χ2v) is 16.2. The highest BCUT2D eigenvalue weighted by atomic mass is 32.3. The minimum absolute atomic E-state index is 0.164. The Morgan fingerprint density at radius 1 is 1.00 bits per heavy atom. The van der Waals surface area contributed by atoms with Crippen molar-refractivity contribution >= 4 is 34.1 Å². The predicted molar refractivity (Wildman–Crippen MR) is 164 cm³/mol. The van der Waals surface area contributed by atoms with Gasteiger partial charge in [0.1, 0.15) is 17.8 Å². The normalized spacial score (nSPS) is 37.1. The van der Waals surface area contributed by atoms with Gasteiger partial charge in [0.15, 0.2) is 5.78 Å². The van der Waals surface area contributed by atoms with Crippen molar-refractivity contribution in [2.75, 3.05) is 0 Å². The molecule has 0 amide bonds. The molecule has 46 heavy (non-hydrogen) atoms. The van der Waals surface area contributed by atoms with Crippen LogP contribution in [0.4, 0.5) is 0 Å². The lowest BCUT2D eigenvalue weighted by Crippen LogP contribution is -2.61. The standard InChI is InChI=1S/C33H50O12S/c1-18(27(45-46(39,40)41)11-12-30(5,6)44-21(4)36)22-10-14-33(38)24-15-26(37)25-16-28(42-19(2)34)29(43-20(3)35)17-31(25,7)23(24)9-13-32(22,33)8/h15,18,22-23,25,27-29,38H,9-14,16-17H2,1-8H3,(H,39,40,41)/t18-,22+,23-,25-,27+,28+,29-,31+,32+,33+/m0/s1. The van der Waals surface area contributed by atoms with Gasteiger partial charge in [-0.05, 0) is 100 Å². The van der Waals surface area contributed by atoms with E-state index in [4.69, 9.17) is 18.4 Å². The minimum atomic E-state index is -4.82. The fourth-order valence-corrected chi connectivity index (χ4v) is 10.2. The fourth-order valence-electron chi connectivity index (χ4n) is 9.63. The van der Waals surface area contributed by atoms with Gasteiger partial charge < -0.3 is 19.3 Å². The van der Waals surface area contributed by atoms with Crippen LogP contribution in [0.3, 0.4) is 0 Å². The number of ether oxygens (including phenoxy) is 3. The number of rotatable bonds is 10. The van der Waals surface area contributed by atoms with E-state index in [1.54, 1.807) is 19.9 Å². The summed E-state index contributed by atoms with van der Waals surface area (Å²) in [7, 11) is -4.82. The zero-order valence-corrected chi connectivity index (χ0v) is 29.0. The summed E-state index contributed by atoms with van der Waals surface area (Å²) >= 11 is 0. The Bertz CT molecular complexity index is 1390. The molecule has 4 rings (SSSR count). The van der Waals surface area contributed by atoms with Crippen molar-refractivity contribution in [2.24, 2.45) is 34.5 Å². The molecule has 260 valence electrons. The molecule has 0 aliphatic heterocycles. The molecular weight excluding hydrogens is 620 g/mol. The van der Waals surface area contributed by atoms with Gasteiger partial charge in [0.05, 0.1) is 11.7 Å². The van der Waals surface area contributed by atoms with Gasteiger partial charge in [-0.25, -0.2) is 4.18 Å². The van der Waals surface area contributed by atoms with Gasteiger partial charge in [-0.15, -0.1) is 0 Å². The fraction of sp³-hybridized carbons (Fsp3) is 0.818. The third-order valence-corrected chi connectivity index (χ3v) is 12.2. The van der Waals surface area contributed by atoms with Crippen molar-refractivity contribution in [1.82, 2.24) is 0 Å². The molecule has 13 heteroatoms. The molecule has 4 aliphatic carbocycles. The molecule has 0 radical (unpaired) electrons. The van der Waals surface area contributed by atoms with E-state index in [1.807, 2.05) is 20.8 Å². The number of esters is 3. The van der Waals surface area contributed by atoms with Crippen LogP contribution in [0.5, 0.6) is 0 Å². The highest BCUT2D eigenvalue weighted by Gasteiger charge is 2.67. The summed E-state index contributed by atoms with van der Waals surface area (Å²) in [6.07, 6.45) is 2.12. The summed E-state index contributed by atoms with van der Waals surface area (Å²) in [4.78, 5) is 49.3. The van der Waals surface area contributed by atoms with Crippen LogP contribution in [0.2, 0.25) is 0 Å². The third kappa shape index (κ3) is 6.93. The smallest absolute Gasteiger partial charge is 0.397 e. The molecule has 0 aromatic heterocycles. The lowest BCUT2D eigenvalue weighted by atomic mass is 9.45. The summed E-state index contributed by atoms with van der Waals surface area (Å²) < 4.78 is 55.3. The maximum absolute atomic E-state index is 13.8. The summed E-state index contributed by atoms with van der Waals surface area (Å²) in [5.74, 6) is -3.05. The van der Waals surface area contributed by atoms with Crippen LogP contribution in [0.25, 0.3) is 0 Å². The zero-order valence-electron chi connectivity index (χ0n) is 28.2. The predicted octanol–water partition coefficient (Wildman–Crippen LogP) is 4.28. The monoisotopic (exact) mass is 670 g/mol. The molecule has 2 N–H and O–H groups in total. The number of allylic oxidation sites excluding steroid dienone is 1. The van der Waals surface area contributed by atoms with E-state index in [1.165, 1.54) is 20.8 Å². The van der Waals surface area contributed by atoms with Crippen LogP contribution in [0, 0.1) is 34.5 Å². The van der Waals surface area contributed by atoms with Crippen LogP contribution in [-0.2, 0) is 48.0 Å². The first-order valence-electron chi connectivity index (χ1n) is 16.2. The molecular formula is C33H50O12S. The SMILES string of the molecule is CC(=O)O[C@H]1C[C@@]2(C)[C@@H](C[C@H]1OC(C)=O)C(=O)C=C1[C@@H]2CC[C@]2(C)[C@@H]([C@H](C)[C@@H](CCC(C)(C)OC(C)=O)OS(=O)(=O)O)CC[C@@]12O. The quantitative estimate of drug-likeness (QED) is 0.192. The first-order chi connectivity index (χ1) is 21.0. The molecule has 0 bridgehead atoms. The second kappa shape index (κ2) is 12.6. The molecule has 0 spiro atoms. The summed E-state index contributed by atoms with van der Waals surface area (Å²) in [6.45, 7) is 13.1. The Balaban J connectivity index is 1.65. The number of carbonyl (C=O) groups is 4. The highest BCUT2D eigenvalue weighted by Crippen LogP contribution is 2.68. The molecule has 0 heterocycles. The Labute approximate surface area is 271 Å². The Morgan fingerprint density at radius 3 is 2.17 bits per heavy atom. The summed E-state index contributed by atoms with van der Waals surface area (Å²) in [5.41, 5.74) is -3.05. The molecule has 0 aromatic rings. The van der Waals surface area contributed by atoms with Crippen molar-refractivity contribution in [3.63, 3.8) is 0 Å². The highest BCUT2D eigenvalue weighted by molar-refractivity contribution is 7.80. The van der Waals surface area contributed by atoms with E-state index < -0.39 is 80.5 Å². The lowest BCUT2D eigenvalue weighted by molar-refractivity contribution is -0.186. The van der Waals surface area contributed by atoms with Gasteiger partial charge in [-0.3, -0.25) is 23.7 Å². The van der Waals surface area contributed by atoms with Crippen molar-refractivity contribution in [3.8, 4) is 0 Å². The minimum Gasteiger partial charge on any atom is -0.460 e. The Kier molecular flexibility index (Phi) is 9.99. The van der Waals surface area contributed by atoms with Gasteiger partial charge in [0, 0.05) is 32.1 Å². The lowest BCUT2D eigenvalue weighted by Gasteiger charge is -2.60. The molecule has 0 saturated heterocycles. The second-order valence-electron chi connectivity index (χ2n) is 15.1. The molecule has 0 unspecified atom stereocenters. The van der Waals surface area contributed by atoms with E-state index in [0.29, 0.717) is 31.3 Å². The van der Waals surface area contributed by atoms with Crippen molar-refractivity contribution in [1.29, 1.82) is 0 Å². The van der Waals surface area contributed by atoms with Gasteiger partial charge in [0.2, 0.25) is 0 Å². The molecule has 3 fully saturated rings. The number of carbonyl (C=O) groups excluding carboxylic acids is 4. The number of hydrogen-bond donors (Lipinski definition) is 2. The Morgan fingerprint density at radius 2 is 1.61 bits per heavy atom. The van der Waals surface area contributed by atoms with E-state index in [-0.39, 0.29) is 43.3 Å². The largest absolute Gasteiger partial charge is 0.460 e. The summed E-state index contributed by atoms with van der Waals surface area (Å²) in [6, 6.07) is 0. The van der Waals surface area contributed by atoms with Crippen molar-refractivity contribution < 1.29 is 55.6 Å². The van der Waals surface area contributed by atoms with Gasteiger partial charge >= 0.3 is 28.3 Å². The molecule has 4 aliphatic rings. The van der Waals surface area contributed by atoms with E-state index in [2.05, 4.69) is 0 Å². The van der Waals surface area contributed by atoms with Crippen molar-refractivity contribution in [2.45, 2.75) is 136 Å². The van der Waals surface area contributed by atoms with Gasteiger partial charge in [-0.1, -0.05) is 20.8 Å². The molecule has 10 atom stereocenters. The maximum Gasteiger partial charge on any atom is 0.397 e.